The Balaban J connectivity index is 4.57. The van der Waals surface area contributed by atoms with Gasteiger partial charge in [0.2, 0.25) is 5.91 Å². The van der Waals surface area contributed by atoms with E-state index in [1.54, 1.807) is 13.8 Å². The molecule has 0 aliphatic rings. The van der Waals surface area contributed by atoms with Gasteiger partial charge < -0.3 is 15.5 Å². The van der Waals surface area contributed by atoms with E-state index >= 15 is 0 Å². The van der Waals surface area contributed by atoms with E-state index in [1.807, 2.05) is 6.92 Å². The second-order valence-corrected chi connectivity index (χ2v) is 4.32. The van der Waals surface area contributed by atoms with E-state index in [1.165, 1.54) is 0 Å². The third-order valence-corrected chi connectivity index (χ3v) is 3.38. The number of amides is 1. The van der Waals surface area contributed by atoms with Crippen LogP contribution in [0.2, 0.25) is 0 Å². The summed E-state index contributed by atoms with van der Waals surface area (Å²) < 4.78 is 0. The Morgan fingerprint density at radius 2 is 1.76 bits per heavy atom. The monoisotopic (exact) mass is 245 g/mol. The molecule has 0 aromatic rings. The van der Waals surface area contributed by atoms with Crippen LogP contribution in [0.1, 0.15) is 46.5 Å². The molecule has 1 amide bonds. The lowest BCUT2D eigenvalue weighted by Gasteiger charge is -2.26. The number of carbonyl (C=O) groups excluding carboxylic acids is 1. The fraction of sp³-hybridized carbons (Fsp3) is 0.833. The third kappa shape index (κ3) is 4.34. The maximum Gasteiger partial charge on any atom is 0.310 e. The Morgan fingerprint density at radius 1 is 1.24 bits per heavy atom. The number of carboxylic acid groups (broad SMARTS) is 1. The van der Waals surface area contributed by atoms with Crippen LogP contribution in [0.15, 0.2) is 0 Å². The molecule has 0 aromatic heterocycles. The Morgan fingerprint density at radius 3 is 2.06 bits per heavy atom. The number of aliphatic hydroxyl groups is 1. The van der Waals surface area contributed by atoms with Crippen molar-refractivity contribution in [3.63, 3.8) is 0 Å². The average Bonchev–Trinajstić information content (AvgIpc) is 2.32. The Hall–Kier alpha value is -1.10. The number of rotatable bonds is 8. The molecule has 3 N–H and O–H groups in total. The maximum absolute atomic E-state index is 11.7. The molecule has 0 heterocycles. The smallest absolute Gasteiger partial charge is 0.310 e. The summed E-state index contributed by atoms with van der Waals surface area (Å²) in [6, 6.07) is -0.289. The molecule has 0 aliphatic heterocycles. The van der Waals surface area contributed by atoms with Crippen LogP contribution in [0.5, 0.6) is 0 Å². The van der Waals surface area contributed by atoms with E-state index in [9.17, 15) is 14.7 Å². The predicted octanol–water partition coefficient (Wildman–Crippen LogP) is 1.15. The van der Waals surface area contributed by atoms with Gasteiger partial charge in [0.15, 0.2) is 0 Å². The number of hydrogen-bond donors (Lipinski definition) is 3. The first kappa shape index (κ1) is 15.9. The molecule has 0 bridgehead atoms. The summed E-state index contributed by atoms with van der Waals surface area (Å²) in [5.74, 6) is -1.24. The van der Waals surface area contributed by atoms with Crippen molar-refractivity contribution in [3.05, 3.63) is 0 Å². The summed E-state index contributed by atoms with van der Waals surface area (Å²) in [4.78, 5) is 22.9. The van der Waals surface area contributed by atoms with Crippen molar-refractivity contribution in [1.82, 2.24) is 5.32 Å². The van der Waals surface area contributed by atoms with Crippen molar-refractivity contribution >= 4 is 11.9 Å². The van der Waals surface area contributed by atoms with Crippen molar-refractivity contribution in [2.45, 2.75) is 52.5 Å². The van der Waals surface area contributed by atoms with E-state index in [0.29, 0.717) is 19.3 Å². The Bertz CT molecular complexity index is 257. The number of aliphatic hydroxyl groups excluding tert-OH is 1. The van der Waals surface area contributed by atoms with Gasteiger partial charge in [-0.2, -0.15) is 0 Å². The van der Waals surface area contributed by atoms with Crippen LogP contribution in [-0.2, 0) is 9.59 Å². The summed E-state index contributed by atoms with van der Waals surface area (Å²) in [6.07, 6.45) is 1.43. The van der Waals surface area contributed by atoms with Gasteiger partial charge >= 0.3 is 5.97 Å². The standard InChI is InChI=1S/C12H23NO4/c1-4-9(8-14)13-10(15)7-12(5-2,6-3)11(16)17/h9,14H,4-8H2,1-3H3,(H,13,15)(H,16,17). The lowest BCUT2D eigenvalue weighted by molar-refractivity contribution is -0.152. The molecule has 5 nitrogen and oxygen atoms in total. The quantitative estimate of drug-likeness (QED) is 0.599. The molecule has 0 saturated heterocycles. The van der Waals surface area contributed by atoms with Gasteiger partial charge in [0.25, 0.3) is 0 Å². The molecule has 0 aromatic carbocycles. The van der Waals surface area contributed by atoms with E-state index in [-0.39, 0.29) is 25.0 Å². The summed E-state index contributed by atoms with van der Waals surface area (Å²) >= 11 is 0. The number of carbonyl (C=O) groups is 2. The van der Waals surface area contributed by atoms with Crippen LogP contribution in [0.3, 0.4) is 0 Å². The Labute approximate surface area is 102 Å². The van der Waals surface area contributed by atoms with Crippen LogP contribution in [0.25, 0.3) is 0 Å². The SMILES string of the molecule is CCC(CO)NC(=O)CC(CC)(CC)C(=O)O. The van der Waals surface area contributed by atoms with Crippen LogP contribution in [-0.4, -0.2) is 34.7 Å². The summed E-state index contributed by atoms with van der Waals surface area (Å²) in [5, 5.41) is 20.8. The van der Waals surface area contributed by atoms with Crippen molar-refractivity contribution in [2.75, 3.05) is 6.61 Å². The van der Waals surface area contributed by atoms with E-state index in [2.05, 4.69) is 5.32 Å². The molecule has 0 radical (unpaired) electrons. The Kier molecular flexibility index (Phi) is 6.80. The highest BCUT2D eigenvalue weighted by Crippen LogP contribution is 2.30. The molecular formula is C12H23NO4. The zero-order valence-electron chi connectivity index (χ0n) is 10.8. The second kappa shape index (κ2) is 7.27. The minimum Gasteiger partial charge on any atom is -0.481 e. The fourth-order valence-corrected chi connectivity index (χ4v) is 1.74. The highest BCUT2D eigenvalue weighted by Gasteiger charge is 2.37. The van der Waals surface area contributed by atoms with Gasteiger partial charge in [-0.15, -0.1) is 0 Å². The van der Waals surface area contributed by atoms with E-state index in [4.69, 9.17) is 5.11 Å². The predicted molar refractivity (Wildman–Crippen MR) is 64.6 cm³/mol. The van der Waals surface area contributed by atoms with E-state index < -0.39 is 11.4 Å². The molecular weight excluding hydrogens is 222 g/mol. The van der Waals surface area contributed by atoms with Gasteiger partial charge in [-0.05, 0) is 19.3 Å². The first-order valence-electron chi connectivity index (χ1n) is 6.09. The molecule has 100 valence electrons. The molecule has 0 aliphatic carbocycles. The van der Waals surface area contributed by atoms with Gasteiger partial charge in [0.05, 0.1) is 18.1 Å². The zero-order chi connectivity index (χ0) is 13.5. The van der Waals surface area contributed by atoms with Crippen LogP contribution < -0.4 is 5.32 Å². The van der Waals surface area contributed by atoms with Crippen molar-refractivity contribution in [1.29, 1.82) is 0 Å². The maximum atomic E-state index is 11.7. The average molecular weight is 245 g/mol. The number of hydrogen-bond acceptors (Lipinski definition) is 3. The summed E-state index contributed by atoms with van der Waals surface area (Å²) in [6.45, 7) is 5.27. The molecule has 0 fully saturated rings. The fourth-order valence-electron chi connectivity index (χ4n) is 1.74. The molecule has 5 heteroatoms. The molecule has 1 atom stereocenters. The molecule has 1 unspecified atom stereocenters. The van der Waals surface area contributed by atoms with Gasteiger partial charge in [0, 0.05) is 6.42 Å². The largest absolute Gasteiger partial charge is 0.481 e. The van der Waals surface area contributed by atoms with Crippen LogP contribution >= 0.6 is 0 Å². The van der Waals surface area contributed by atoms with Gasteiger partial charge in [-0.25, -0.2) is 0 Å². The van der Waals surface area contributed by atoms with Gasteiger partial charge in [-0.1, -0.05) is 20.8 Å². The highest BCUT2D eigenvalue weighted by molar-refractivity contribution is 5.85. The van der Waals surface area contributed by atoms with Crippen LogP contribution in [0, 0.1) is 5.41 Å². The number of aliphatic carboxylic acids is 1. The van der Waals surface area contributed by atoms with Gasteiger partial charge in [0.1, 0.15) is 0 Å². The highest BCUT2D eigenvalue weighted by atomic mass is 16.4. The van der Waals surface area contributed by atoms with E-state index in [0.717, 1.165) is 0 Å². The minimum atomic E-state index is -0.988. The van der Waals surface area contributed by atoms with Crippen molar-refractivity contribution in [3.8, 4) is 0 Å². The molecule has 0 spiro atoms. The third-order valence-electron chi connectivity index (χ3n) is 3.38. The topological polar surface area (TPSA) is 86.6 Å². The lowest BCUT2D eigenvalue weighted by atomic mass is 9.79. The molecule has 0 rings (SSSR count). The first-order valence-corrected chi connectivity index (χ1v) is 6.09. The van der Waals surface area contributed by atoms with Crippen molar-refractivity contribution < 1.29 is 19.8 Å². The second-order valence-electron chi connectivity index (χ2n) is 4.32. The van der Waals surface area contributed by atoms with Crippen molar-refractivity contribution in [2.24, 2.45) is 5.41 Å². The number of nitrogens with one attached hydrogen (secondary N) is 1. The molecule has 17 heavy (non-hydrogen) atoms. The normalized spacial score (nSPS) is 13.2. The molecule has 0 saturated carbocycles. The summed E-state index contributed by atoms with van der Waals surface area (Å²) in [5.41, 5.74) is -0.988. The first-order chi connectivity index (χ1) is 7.95. The van der Waals surface area contributed by atoms with Crippen LogP contribution in [0.4, 0.5) is 0 Å². The number of carboxylic acids is 1. The lowest BCUT2D eigenvalue weighted by Crippen LogP contribution is -2.42. The summed E-state index contributed by atoms with van der Waals surface area (Å²) in [7, 11) is 0. The zero-order valence-corrected chi connectivity index (χ0v) is 10.8. The minimum absolute atomic E-state index is 0.0359. The van der Waals surface area contributed by atoms with Gasteiger partial charge in [-0.3, -0.25) is 9.59 Å².